The highest BCUT2D eigenvalue weighted by Crippen LogP contribution is 2.58. The maximum absolute atomic E-state index is 12.7. The summed E-state index contributed by atoms with van der Waals surface area (Å²) in [5.41, 5.74) is 1.94. The van der Waals surface area contributed by atoms with Crippen molar-refractivity contribution < 1.29 is 9.53 Å². The van der Waals surface area contributed by atoms with Crippen molar-refractivity contribution >= 4 is 5.97 Å². The van der Waals surface area contributed by atoms with E-state index >= 15 is 0 Å². The van der Waals surface area contributed by atoms with Gasteiger partial charge in [0.15, 0.2) is 0 Å². The standard InChI is InChI=1S/C21H20O2/c22-19(23-15-17-7-3-1-4-8-17)21-13-11-20(16-21,12-14-21)18-9-5-2-6-10-18/h1-11,13H,12,14-16H2. The second-order valence-corrected chi connectivity index (χ2v) is 6.75. The molecule has 1 fully saturated rings. The molecule has 0 saturated heterocycles. The Labute approximate surface area is 136 Å². The van der Waals surface area contributed by atoms with E-state index in [4.69, 9.17) is 4.74 Å². The Morgan fingerprint density at radius 2 is 1.61 bits per heavy atom. The summed E-state index contributed by atoms with van der Waals surface area (Å²) >= 11 is 0. The van der Waals surface area contributed by atoms with Gasteiger partial charge in [-0.05, 0) is 30.4 Å². The van der Waals surface area contributed by atoms with Crippen LogP contribution in [0, 0.1) is 5.41 Å². The van der Waals surface area contributed by atoms with Gasteiger partial charge in [0.1, 0.15) is 6.61 Å². The highest BCUT2D eigenvalue weighted by atomic mass is 16.5. The van der Waals surface area contributed by atoms with Crippen molar-refractivity contribution in [3.8, 4) is 0 Å². The largest absolute Gasteiger partial charge is 0.460 e. The smallest absolute Gasteiger partial charge is 0.316 e. The van der Waals surface area contributed by atoms with E-state index in [2.05, 4.69) is 36.4 Å². The molecule has 2 aromatic carbocycles. The molecule has 0 aliphatic heterocycles. The van der Waals surface area contributed by atoms with Crippen LogP contribution in [-0.2, 0) is 21.6 Å². The molecule has 2 bridgehead atoms. The summed E-state index contributed by atoms with van der Waals surface area (Å²) in [5, 5.41) is 0. The van der Waals surface area contributed by atoms with Crippen LogP contribution >= 0.6 is 0 Å². The number of allylic oxidation sites excluding steroid dienone is 1. The predicted molar refractivity (Wildman–Crippen MR) is 89.8 cm³/mol. The van der Waals surface area contributed by atoms with Crippen LogP contribution in [0.4, 0.5) is 0 Å². The molecule has 0 amide bonds. The van der Waals surface area contributed by atoms with Gasteiger partial charge in [-0.15, -0.1) is 0 Å². The molecule has 2 heteroatoms. The molecule has 0 aromatic heterocycles. The lowest BCUT2D eigenvalue weighted by Gasteiger charge is -2.23. The van der Waals surface area contributed by atoms with Crippen molar-refractivity contribution in [3.05, 3.63) is 83.9 Å². The Kier molecular flexibility index (Phi) is 3.33. The van der Waals surface area contributed by atoms with Gasteiger partial charge in [0.2, 0.25) is 0 Å². The fourth-order valence-electron chi connectivity index (χ4n) is 4.01. The lowest BCUT2D eigenvalue weighted by Crippen LogP contribution is -2.27. The van der Waals surface area contributed by atoms with Crippen LogP contribution in [0.15, 0.2) is 72.8 Å². The van der Waals surface area contributed by atoms with Crippen molar-refractivity contribution in [2.24, 2.45) is 5.41 Å². The van der Waals surface area contributed by atoms with E-state index < -0.39 is 5.41 Å². The number of fused-ring (bicyclic) bond motifs is 2. The zero-order valence-corrected chi connectivity index (χ0v) is 13.1. The van der Waals surface area contributed by atoms with Crippen molar-refractivity contribution in [1.82, 2.24) is 0 Å². The van der Waals surface area contributed by atoms with E-state index in [0.29, 0.717) is 6.61 Å². The SMILES string of the molecule is O=C(OCc1ccccc1)C12C=CC(c3ccccc3)(CC1)C2. The van der Waals surface area contributed by atoms with Crippen LogP contribution < -0.4 is 0 Å². The summed E-state index contributed by atoms with van der Waals surface area (Å²) in [6.07, 6.45) is 7.07. The van der Waals surface area contributed by atoms with Gasteiger partial charge in [0.05, 0.1) is 5.41 Å². The number of carbonyl (C=O) groups excluding carboxylic acids is 1. The molecule has 2 unspecified atom stereocenters. The first-order valence-electron chi connectivity index (χ1n) is 8.20. The molecular weight excluding hydrogens is 284 g/mol. The molecule has 4 rings (SSSR count). The van der Waals surface area contributed by atoms with Crippen LogP contribution in [0.2, 0.25) is 0 Å². The minimum absolute atomic E-state index is 0.0209. The summed E-state index contributed by atoms with van der Waals surface area (Å²) in [7, 11) is 0. The topological polar surface area (TPSA) is 26.3 Å². The molecule has 2 aliphatic carbocycles. The van der Waals surface area contributed by atoms with Crippen LogP contribution in [-0.4, -0.2) is 5.97 Å². The van der Waals surface area contributed by atoms with Crippen LogP contribution in [0.5, 0.6) is 0 Å². The van der Waals surface area contributed by atoms with Gasteiger partial charge in [-0.25, -0.2) is 0 Å². The number of rotatable bonds is 4. The molecule has 2 aromatic rings. The second-order valence-electron chi connectivity index (χ2n) is 6.75. The third kappa shape index (κ3) is 2.39. The van der Waals surface area contributed by atoms with Gasteiger partial charge >= 0.3 is 5.97 Å². The van der Waals surface area contributed by atoms with Crippen LogP contribution in [0.25, 0.3) is 0 Å². The molecule has 23 heavy (non-hydrogen) atoms. The fraction of sp³-hybridized carbons (Fsp3) is 0.286. The van der Waals surface area contributed by atoms with Gasteiger partial charge in [-0.3, -0.25) is 4.79 Å². The number of hydrogen-bond acceptors (Lipinski definition) is 2. The molecule has 2 aliphatic rings. The van der Waals surface area contributed by atoms with Crippen molar-refractivity contribution in [1.29, 1.82) is 0 Å². The van der Waals surface area contributed by atoms with E-state index in [1.165, 1.54) is 5.56 Å². The Hall–Kier alpha value is -2.35. The van der Waals surface area contributed by atoms with Crippen molar-refractivity contribution in [3.63, 3.8) is 0 Å². The van der Waals surface area contributed by atoms with E-state index in [0.717, 1.165) is 24.8 Å². The number of hydrogen-bond donors (Lipinski definition) is 0. The van der Waals surface area contributed by atoms with Crippen LogP contribution in [0.1, 0.15) is 30.4 Å². The zero-order chi connectivity index (χ0) is 15.8. The van der Waals surface area contributed by atoms with Crippen molar-refractivity contribution in [2.45, 2.75) is 31.3 Å². The Balaban J connectivity index is 1.49. The average Bonchev–Trinajstić information content (AvgIpc) is 3.20. The van der Waals surface area contributed by atoms with E-state index in [-0.39, 0.29) is 11.4 Å². The second kappa shape index (κ2) is 5.38. The summed E-state index contributed by atoms with van der Waals surface area (Å²) < 4.78 is 5.62. The molecule has 2 atom stereocenters. The first-order chi connectivity index (χ1) is 11.2. The number of benzene rings is 2. The first-order valence-corrected chi connectivity index (χ1v) is 8.20. The van der Waals surface area contributed by atoms with Gasteiger partial charge in [-0.1, -0.05) is 72.8 Å². The number of esters is 1. The monoisotopic (exact) mass is 304 g/mol. The third-order valence-electron chi connectivity index (χ3n) is 5.34. The molecule has 2 nitrogen and oxygen atoms in total. The third-order valence-corrected chi connectivity index (χ3v) is 5.34. The summed E-state index contributed by atoms with van der Waals surface area (Å²) in [5.74, 6) is -0.0760. The first kappa shape index (κ1) is 14.3. The Morgan fingerprint density at radius 3 is 2.26 bits per heavy atom. The van der Waals surface area contributed by atoms with E-state index in [1.54, 1.807) is 0 Å². The molecule has 0 radical (unpaired) electrons. The molecule has 0 heterocycles. The van der Waals surface area contributed by atoms with Gasteiger partial charge in [0, 0.05) is 5.41 Å². The molecule has 1 saturated carbocycles. The Bertz CT molecular complexity index is 735. The highest BCUT2D eigenvalue weighted by Gasteiger charge is 2.55. The van der Waals surface area contributed by atoms with Gasteiger partial charge < -0.3 is 4.74 Å². The van der Waals surface area contributed by atoms with Gasteiger partial charge in [0.25, 0.3) is 0 Å². The number of carbonyl (C=O) groups is 1. The molecule has 116 valence electrons. The minimum Gasteiger partial charge on any atom is -0.460 e. The zero-order valence-electron chi connectivity index (χ0n) is 13.1. The van der Waals surface area contributed by atoms with Crippen molar-refractivity contribution in [2.75, 3.05) is 0 Å². The lowest BCUT2D eigenvalue weighted by atomic mass is 9.80. The maximum atomic E-state index is 12.7. The lowest BCUT2D eigenvalue weighted by molar-refractivity contribution is -0.154. The van der Waals surface area contributed by atoms with Crippen LogP contribution in [0.3, 0.4) is 0 Å². The quantitative estimate of drug-likeness (QED) is 0.618. The number of ether oxygens (including phenoxy) is 1. The van der Waals surface area contributed by atoms with Gasteiger partial charge in [-0.2, -0.15) is 0 Å². The average molecular weight is 304 g/mol. The summed E-state index contributed by atoms with van der Waals surface area (Å²) in [6, 6.07) is 20.4. The maximum Gasteiger partial charge on any atom is 0.316 e. The Morgan fingerprint density at radius 1 is 0.913 bits per heavy atom. The normalized spacial score (nSPS) is 28.0. The molecular formula is C21H20O2. The molecule has 0 N–H and O–H groups in total. The van der Waals surface area contributed by atoms with E-state index in [9.17, 15) is 4.79 Å². The highest BCUT2D eigenvalue weighted by molar-refractivity contribution is 5.81. The molecule has 0 spiro atoms. The fourth-order valence-corrected chi connectivity index (χ4v) is 4.01. The summed E-state index contributed by atoms with van der Waals surface area (Å²) in [6.45, 7) is 0.355. The predicted octanol–water partition coefficient (Wildman–Crippen LogP) is 4.41. The summed E-state index contributed by atoms with van der Waals surface area (Å²) in [4.78, 5) is 12.7. The minimum atomic E-state index is -0.426. The van der Waals surface area contributed by atoms with E-state index in [1.807, 2.05) is 36.4 Å².